The van der Waals surface area contributed by atoms with Gasteiger partial charge in [0.25, 0.3) is 0 Å². The minimum absolute atomic E-state index is 0.00801. The van der Waals surface area contributed by atoms with Crippen LogP contribution in [-0.2, 0) is 0 Å². The Bertz CT molecular complexity index is 392. The SMILES string of the molecule is CC(N)c1coc2cnccc12. The highest BCUT2D eigenvalue weighted by Gasteiger charge is 2.07. The van der Waals surface area contributed by atoms with Crippen molar-refractivity contribution in [1.82, 2.24) is 4.98 Å². The molecule has 3 nitrogen and oxygen atoms in total. The first-order chi connectivity index (χ1) is 5.79. The van der Waals surface area contributed by atoms with E-state index in [1.54, 1.807) is 18.7 Å². The van der Waals surface area contributed by atoms with E-state index in [4.69, 9.17) is 10.2 Å². The number of pyridine rings is 1. The second-order valence-electron chi connectivity index (χ2n) is 2.85. The van der Waals surface area contributed by atoms with E-state index in [0.29, 0.717) is 0 Å². The maximum atomic E-state index is 5.74. The zero-order chi connectivity index (χ0) is 8.55. The lowest BCUT2D eigenvalue weighted by Gasteiger charge is -1.99. The summed E-state index contributed by atoms with van der Waals surface area (Å²) in [5, 5.41) is 1.06. The van der Waals surface area contributed by atoms with Gasteiger partial charge in [-0.15, -0.1) is 0 Å². The Morgan fingerprint density at radius 2 is 2.42 bits per heavy atom. The molecule has 1 unspecified atom stereocenters. The summed E-state index contributed by atoms with van der Waals surface area (Å²) in [6.45, 7) is 1.94. The van der Waals surface area contributed by atoms with Crippen LogP contribution in [0.4, 0.5) is 0 Å². The van der Waals surface area contributed by atoms with Gasteiger partial charge in [0.1, 0.15) is 0 Å². The van der Waals surface area contributed by atoms with Crippen molar-refractivity contribution in [1.29, 1.82) is 0 Å². The Kier molecular flexibility index (Phi) is 1.59. The maximum Gasteiger partial charge on any atom is 0.152 e. The Morgan fingerprint density at radius 1 is 1.58 bits per heavy atom. The Hall–Kier alpha value is -1.35. The molecule has 0 fully saturated rings. The van der Waals surface area contributed by atoms with Crippen molar-refractivity contribution < 1.29 is 4.42 Å². The molecule has 0 spiro atoms. The first-order valence-corrected chi connectivity index (χ1v) is 3.85. The molecule has 1 atom stereocenters. The highest BCUT2D eigenvalue weighted by atomic mass is 16.3. The molecule has 0 aliphatic carbocycles. The van der Waals surface area contributed by atoms with E-state index in [1.165, 1.54) is 0 Å². The van der Waals surface area contributed by atoms with Gasteiger partial charge in [-0.3, -0.25) is 4.98 Å². The van der Waals surface area contributed by atoms with Crippen LogP contribution in [0.25, 0.3) is 11.0 Å². The van der Waals surface area contributed by atoms with Gasteiger partial charge in [0, 0.05) is 23.2 Å². The second kappa shape index (κ2) is 2.60. The summed E-state index contributed by atoms with van der Waals surface area (Å²) in [5.41, 5.74) is 7.57. The van der Waals surface area contributed by atoms with E-state index < -0.39 is 0 Å². The van der Waals surface area contributed by atoms with Crippen LogP contribution in [-0.4, -0.2) is 4.98 Å². The number of hydrogen-bond acceptors (Lipinski definition) is 3. The Morgan fingerprint density at radius 3 is 3.17 bits per heavy atom. The molecule has 0 aliphatic rings. The van der Waals surface area contributed by atoms with E-state index in [0.717, 1.165) is 16.5 Å². The summed E-state index contributed by atoms with van der Waals surface area (Å²) in [7, 11) is 0. The van der Waals surface area contributed by atoms with Crippen molar-refractivity contribution in [2.45, 2.75) is 13.0 Å². The lowest BCUT2D eigenvalue weighted by Crippen LogP contribution is -2.03. The van der Waals surface area contributed by atoms with Crippen LogP contribution in [0.2, 0.25) is 0 Å². The fourth-order valence-corrected chi connectivity index (χ4v) is 1.26. The van der Waals surface area contributed by atoms with Crippen LogP contribution in [0, 0.1) is 0 Å². The van der Waals surface area contributed by atoms with E-state index in [9.17, 15) is 0 Å². The van der Waals surface area contributed by atoms with Crippen LogP contribution in [0.1, 0.15) is 18.5 Å². The van der Waals surface area contributed by atoms with Crippen molar-refractivity contribution in [2.24, 2.45) is 5.73 Å². The monoisotopic (exact) mass is 162 g/mol. The van der Waals surface area contributed by atoms with E-state index in [2.05, 4.69) is 4.98 Å². The van der Waals surface area contributed by atoms with Gasteiger partial charge < -0.3 is 10.2 Å². The zero-order valence-corrected chi connectivity index (χ0v) is 6.82. The van der Waals surface area contributed by atoms with Gasteiger partial charge in [-0.2, -0.15) is 0 Å². The predicted molar refractivity (Wildman–Crippen MR) is 46.6 cm³/mol. The Balaban J connectivity index is 2.70. The van der Waals surface area contributed by atoms with Crippen LogP contribution >= 0.6 is 0 Å². The molecule has 0 radical (unpaired) electrons. The number of hydrogen-bond donors (Lipinski definition) is 1. The van der Waals surface area contributed by atoms with Gasteiger partial charge in [0.05, 0.1) is 12.5 Å². The molecule has 62 valence electrons. The second-order valence-corrected chi connectivity index (χ2v) is 2.85. The van der Waals surface area contributed by atoms with Crippen LogP contribution in [0.3, 0.4) is 0 Å². The van der Waals surface area contributed by atoms with Gasteiger partial charge in [-0.05, 0) is 13.0 Å². The zero-order valence-electron chi connectivity index (χ0n) is 6.82. The molecule has 0 bridgehead atoms. The van der Waals surface area contributed by atoms with Crippen LogP contribution < -0.4 is 5.73 Å². The van der Waals surface area contributed by atoms with E-state index in [1.807, 2.05) is 13.0 Å². The standard InChI is InChI=1S/C9H10N2O/c1-6(10)8-5-12-9-4-11-3-2-7(8)9/h2-6H,10H2,1H3. The molecule has 2 heterocycles. The maximum absolute atomic E-state index is 5.74. The van der Waals surface area contributed by atoms with Gasteiger partial charge in [0.15, 0.2) is 5.58 Å². The molecule has 0 aliphatic heterocycles. The first kappa shape index (κ1) is 7.31. The van der Waals surface area contributed by atoms with Crippen molar-refractivity contribution in [3.63, 3.8) is 0 Å². The van der Waals surface area contributed by atoms with Crippen molar-refractivity contribution in [3.8, 4) is 0 Å². The minimum atomic E-state index is 0.00801. The third-order valence-electron chi connectivity index (χ3n) is 1.90. The van der Waals surface area contributed by atoms with Gasteiger partial charge in [0.2, 0.25) is 0 Å². The fourth-order valence-electron chi connectivity index (χ4n) is 1.26. The molecule has 0 saturated heterocycles. The number of nitrogens with zero attached hydrogens (tertiary/aromatic N) is 1. The average molecular weight is 162 g/mol. The first-order valence-electron chi connectivity index (χ1n) is 3.85. The summed E-state index contributed by atoms with van der Waals surface area (Å²) in [6, 6.07) is 1.92. The largest absolute Gasteiger partial charge is 0.462 e. The molecule has 0 aromatic carbocycles. The molecule has 0 amide bonds. The normalized spacial score (nSPS) is 13.5. The number of aromatic nitrogens is 1. The quantitative estimate of drug-likeness (QED) is 0.696. The smallest absolute Gasteiger partial charge is 0.152 e. The molecule has 2 rings (SSSR count). The van der Waals surface area contributed by atoms with Gasteiger partial charge in [-0.25, -0.2) is 0 Å². The molecule has 12 heavy (non-hydrogen) atoms. The van der Waals surface area contributed by atoms with E-state index >= 15 is 0 Å². The minimum Gasteiger partial charge on any atom is -0.462 e. The highest BCUT2D eigenvalue weighted by molar-refractivity contribution is 5.80. The number of rotatable bonds is 1. The van der Waals surface area contributed by atoms with Crippen molar-refractivity contribution in [3.05, 3.63) is 30.3 Å². The third-order valence-corrected chi connectivity index (χ3v) is 1.90. The molecular formula is C9H10N2O. The summed E-state index contributed by atoms with van der Waals surface area (Å²) >= 11 is 0. The lowest BCUT2D eigenvalue weighted by atomic mass is 10.1. The summed E-state index contributed by atoms with van der Waals surface area (Å²) in [5.74, 6) is 0. The van der Waals surface area contributed by atoms with Crippen molar-refractivity contribution >= 4 is 11.0 Å². The topological polar surface area (TPSA) is 52.0 Å². The predicted octanol–water partition coefficient (Wildman–Crippen LogP) is 1.85. The highest BCUT2D eigenvalue weighted by Crippen LogP contribution is 2.23. The van der Waals surface area contributed by atoms with Gasteiger partial charge in [-0.1, -0.05) is 0 Å². The summed E-state index contributed by atoms with van der Waals surface area (Å²) in [6.07, 6.45) is 5.13. The van der Waals surface area contributed by atoms with Crippen LogP contribution in [0.15, 0.2) is 29.1 Å². The lowest BCUT2D eigenvalue weighted by molar-refractivity contribution is 0.603. The Labute approximate surface area is 70.2 Å². The summed E-state index contributed by atoms with van der Waals surface area (Å²) < 4.78 is 5.27. The molecular weight excluding hydrogens is 152 g/mol. The fraction of sp³-hybridized carbons (Fsp3) is 0.222. The number of nitrogens with two attached hydrogens (primary N) is 1. The molecule has 2 aromatic rings. The van der Waals surface area contributed by atoms with Crippen LogP contribution in [0.5, 0.6) is 0 Å². The average Bonchev–Trinajstić information content (AvgIpc) is 2.47. The summed E-state index contributed by atoms with van der Waals surface area (Å²) in [4.78, 5) is 3.95. The molecule has 2 N–H and O–H groups in total. The van der Waals surface area contributed by atoms with E-state index in [-0.39, 0.29) is 6.04 Å². The van der Waals surface area contributed by atoms with Crippen molar-refractivity contribution in [2.75, 3.05) is 0 Å². The number of fused-ring (bicyclic) bond motifs is 1. The third kappa shape index (κ3) is 0.987. The molecule has 2 aromatic heterocycles. The van der Waals surface area contributed by atoms with Gasteiger partial charge >= 0.3 is 0 Å². The molecule has 0 saturated carbocycles. The number of furan rings is 1. The molecule has 3 heteroatoms.